The zero-order valence-electron chi connectivity index (χ0n) is 15.1. The third-order valence-electron chi connectivity index (χ3n) is 4.76. The molecule has 1 saturated heterocycles. The molecule has 1 aromatic carbocycles. The summed E-state index contributed by atoms with van der Waals surface area (Å²) < 4.78 is 27.2. The lowest BCUT2D eigenvalue weighted by Crippen LogP contribution is -2.35. The molecular formula is C18H23N3O5S. The monoisotopic (exact) mass is 393 g/mol. The van der Waals surface area contributed by atoms with Crippen molar-refractivity contribution in [1.82, 2.24) is 9.21 Å². The summed E-state index contributed by atoms with van der Waals surface area (Å²) in [6.07, 6.45) is 3.88. The van der Waals surface area contributed by atoms with Crippen LogP contribution in [0.3, 0.4) is 0 Å². The number of aliphatic hydroxyl groups is 1. The van der Waals surface area contributed by atoms with Crippen LogP contribution in [-0.2, 0) is 19.6 Å². The summed E-state index contributed by atoms with van der Waals surface area (Å²) in [5.74, 6) is -1.05. The van der Waals surface area contributed by atoms with Gasteiger partial charge in [-0.3, -0.25) is 14.5 Å². The molecule has 0 spiro atoms. The van der Waals surface area contributed by atoms with Crippen molar-refractivity contribution < 1.29 is 23.1 Å². The maximum absolute atomic E-state index is 12.9. The average Bonchev–Trinajstić information content (AvgIpc) is 2.92. The van der Waals surface area contributed by atoms with Crippen LogP contribution in [0.4, 0.5) is 5.69 Å². The largest absolute Gasteiger partial charge is 0.395 e. The molecule has 2 heterocycles. The Bertz CT molecular complexity index is 888. The predicted molar refractivity (Wildman–Crippen MR) is 99.3 cm³/mol. The number of aryl methyl sites for hydroxylation is 1. The first-order valence-corrected chi connectivity index (χ1v) is 10.3. The van der Waals surface area contributed by atoms with Gasteiger partial charge in [-0.25, -0.2) is 8.42 Å². The van der Waals surface area contributed by atoms with E-state index in [9.17, 15) is 18.0 Å². The predicted octanol–water partition coefficient (Wildman–Crippen LogP) is 0.827. The number of sulfonamides is 1. The lowest BCUT2D eigenvalue weighted by Gasteiger charge is -2.26. The summed E-state index contributed by atoms with van der Waals surface area (Å²) in [6.45, 7) is 2.40. The number of β-amino-alcohol motifs (C(OH)–C–C–N with tert-alkyl or cyclic N) is 1. The molecule has 3 rings (SSSR count). The molecule has 0 aliphatic carbocycles. The van der Waals surface area contributed by atoms with Crippen LogP contribution in [0.5, 0.6) is 0 Å². The average molecular weight is 393 g/mol. The molecule has 2 aliphatic rings. The van der Waals surface area contributed by atoms with E-state index in [1.165, 1.54) is 10.4 Å². The molecule has 8 nitrogen and oxygen atoms in total. The molecule has 9 heteroatoms. The number of benzene rings is 1. The summed E-state index contributed by atoms with van der Waals surface area (Å²) >= 11 is 0. The van der Waals surface area contributed by atoms with Crippen molar-refractivity contribution in [2.75, 3.05) is 31.6 Å². The van der Waals surface area contributed by atoms with Crippen molar-refractivity contribution in [3.63, 3.8) is 0 Å². The van der Waals surface area contributed by atoms with Crippen LogP contribution in [0.25, 0.3) is 0 Å². The van der Waals surface area contributed by atoms with Crippen molar-refractivity contribution in [3.8, 4) is 0 Å². The second kappa shape index (κ2) is 7.79. The van der Waals surface area contributed by atoms with Gasteiger partial charge in [-0.1, -0.05) is 12.5 Å². The highest BCUT2D eigenvalue weighted by atomic mass is 32.2. The van der Waals surface area contributed by atoms with Crippen LogP contribution in [0.1, 0.15) is 24.8 Å². The maximum atomic E-state index is 12.9. The highest BCUT2D eigenvalue weighted by Crippen LogP contribution is 2.27. The Kier molecular flexibility index (Phi) is 5.64. The van der Waals surface area contributed by atoms with Gasteiger partial charge in [0.05, 0.1) is 18.0 Å². The van der Waals surface area contributed by atoms with Crippen LogP contribution in [0, 0.1) is 6.92 Å². The number of rotatable bonds is 6. The Morgan fingerprint density at radius 3 is 2.52 bits per heavy atom. The number of anilines is 1. The fourth-order valence-corrected chi connectivity index (χ4v) is 4.75. The highest BCUT2D eigenvalue weighted by molar-refractivity contribution is 7.89. The van der Waals surface area contributed by atoms with Crippen LogP contribution in [0.2, 0.25) is 0 Å². The van der Waals surface area contributed by atoms with Gasteiger partial charge in [0.15, 0.2) is 0 Å². The summed E-state index contributed by atoms with van der Waals surface area (Å²) in [5.41, 5.74) is 1.25. The molecule has 2 amide bonds. The SMILES string of the molecule is Cc1ccc(S(=O)(=O)N2CCCCC2)cc1NC1=CC(=O)N(CCO)C1=O. The van der Waals surface area contributed by atoms with Crippen molar-refractivity contribution in [1.29, 1.82) is 0 Å². The Hall–Kier alpha value is -2.23. The fraction of sp³-hybridized carbons (Fsp3) is 0.444. The smallest absolute Gasteiger partial charge is 0.277 e. The van der Waals surface area contributed by atoms with Crippen LogP contribution in [-0.4, -0.2) is 60.8 Å². The van der Waals surface area contributed by atoms with E-state index in [0.717, 1.165) is 35.8 Å². The molecule has 0 atom stereocenters. The summed E-state index contributed by atoms with van der Waals surface area (Å²) in [6, 6.07) is 4.72. The Labute approximate surface area is 158 Å². The van der Waals surface area contributed by atoms with Crippen molar-refractivity contribution in [2.24, 2.45) is 0 Å². The third-order valence-corrected chi connectivity index (χ3v) is 6.66. The van der Waals surface area contributed by atoms with E-state index in [-0.39, 0.29) is 23.7 Å². The molecule has 0 saturated carbocycles. The number of hydrogen-bond acceptors (Lipinski definition) is 6. The Balaban J connectivity index is 1.85. The van der Waals surface area contributed by atoms with E-state index in [1.54, 1.807) is 19.1 Å². The van der Waals surface area contributed by atoms with E-state index in [4.69, 9.17) is 5.11 Å². The van der Waals surface area contributed by atoms with Gasteiger partial charge in [0.2, 0.25) is 10.0 Å². The van der Waals surface area contributed by atoms with Gasteiger partial charge in [-0.2, -0.15) is 4.31 Å². The standard InChI is InChI=1S/C18H23N3O5S/c1-13-5-6-14(27(25,26)20-7-3-2-4-8-20)11-15(13)19-16-12-17(23)21(9-10-22)18(16)24/h5-6,11-12,19,22H,2-4,7-10H2,1H3. The van der Waals surface area contributed by atoms with E-state index >= 15 is 0 Å². The van der Waals surface area contributed by atoms with Gasteiger partial charge in [0, 0.05) is 24.9 Å². The third kappa shape index (κ3) is 3.90. The second-order valence-electron chi connectivity index (χ2n) is 6.64. The van der Waals surface area contributed by atoms with Crippen molar-refractivity contribution in [2.45, 2.75) is 31.1 Å². The molecule has 2 N–H and O–H groups in total. The molecule has 146 valence electrons. The molecule has 0 aromatic heterocycles. The molecule has 0 radical (unpaired) electrons. The molecule has 1 fully saturated rings. The van der Waals surface area contributed by atoms with Crippen LogP contribution < -0.4 is 5.32 Å². The van der Waals surface area contributed by atoms with Gasteiger partial charge < -0.3 is 10.4 Å². The highest BCUT2D eigenvalue weighted by Gasteiger charge is 2.31. The second-order valence-corrected chi connectivity index (χ2v) is 8.58. The van der Waals surface area contributed by atoms with Gasteiger partial charge in [0.25, 0.3) is 11.8 Å². The number of carbonyl (C=O) groups is 2. The van der Waals surface area contributed by atoms with E-state index in [1.807, 2.05) is 0 Å². The lowest BCUT2D eigenvalue weighted by atomic mass is 10.2. The Morgan fingerprint density at radius 1 is 1.15 bits per heavy atom. The number of imide groups is 1. The number of piperidine rings is 1. The molecule has 2 aliphatic heterocycles. The molecule has 0 unspecified atom stereocenters. The van der Waals surface area contributed by atoms with Gasteiger partial charge in [0.1, 0.15) is 5.70 Å². The summed E-state index contributed by atoms with van der Waals surface area (Å²) in [7, 11) is -3.60. The first-order chi connectivity index (χ1) is 12.8. The normalized spacial score (nSPS) is 18.7. The number of carbonyl (C=O) groups excluding carboxylic acids is 2. The molecular weight excluding hydrogens is 370 g/mol. The van der Waals surface area contributed by atoms with E-state index in [0.29, 0.717) is 18.8 Å². The lowest BCUT2D eigenvalue weighted by molar-refractivity contribution is -0.137. The van der Waals surface area contributed by atoms with E-state index < -0.39 is 21.8 Å². The fourth-order valence-electron chi connectivity index (χ4n) is 3.21. The molecule has 1 aromatic rings. The summed E-state index contributed by atoms with van der Waals surface area (Å²) in [5, 5.41) is 11.8. The minimum atomic E-state index is -3.60. The van der Waals surface area contributed by atoms with Crippen LogP contribution >= 0.6 is 0 Å². The molecule has 27 heavy (non-hydrogen) atoms. The molecule has 0 bridgehead atoms. The number of nitrogens with zero attached hydrogens (tertiary/aromatic N) is 2. The zero-order chi connectivity index (χ0) is 19.6. The van der Waals surface area contributed by atoms with Crippen LogP contribution in [0.15, 0.2) is 34.9 Å². The van der Waals surface area contributed by atoms with Crippen molar-refractivity contribution >= 4 is 27.5 Å². The van der Waals surface area contributed by atoms with Crippen molar-refractivity contribution in [3.05, 3.63) is 35.5 Å². The van der Waals surface area contributed by atoms with Gasteiger partial charge >= 0.3 is 0 Å². The number of nitrogens with one attached hydrogen (secondary N) is 1. The first kappa shape index (κ1) is 19.5. The summed E-state index contributed by atoms with van der Waals surface area (Å²) in [4.78, 5) is 25.2. The first-order valence-electron chi connectivity index (χ1n) is 8.91. The topological polar surface area (TPSA) is 107 Å². The number of amides is 2. The van der Waals surface area contributed by atoms with Gasteiger partial charge in [-0.15, -0.1) is 0 Å². The minimum absolute atomic E-state index is 0.0593. The minimum Gasteiger partial charge on any atom is -0.395 e. The Morgan fingerprint density at radius 2 is 1.85 bits per heavy atom. The quantitative estimate of drug-likeness (QED) is 0.693. The zero-order valence-corrected chi connectivity index (χ0v) is 16.0. The van der Waals surface area contributed by atoms with Gasteiger partial charge in [-0.05, 0) is 37.5 Å². The number of hydrogen-bond donors (Lipinski definition) is 2. The van der Waals surface area contributed by atoms with E-state index in [2.05, 4.69) is 5.32 Å². The number of aliphatic hydroxyl groups excluding tert-OH is 1. The maximum Gasteiger partial charge on any atom is 0.277 e.